The smallest absolute Gasteiger partial charge is 0.238 e. The summed E-state index contributed by atoms with van der Waals surface area (Å²) in [5.41, 5.74) is 6.46. The summed E-state index contributed by atoms with van der Waals surface area (Å²) >= 11 is 0. The van der Waals surface area contributed by atoms with Gasteiger partial charge in [-0.25, -0.2) is 23.1 Å². The summed E-state index contributed by atoms with van der Waals surface area (Å²) in [5.74, 6) is 0. The molecule has 3 N–H and O–H groups in total. The number of benzene rings is 2. The van der Waals surface area contributed by atoms with Crippen molar-refractivity contribution >= 4 is 21.4 Å². The summed E-state index contributed by atoms with van der Waals surface area (Å²) in [6.45, 7) is 8.31. The van der Waals surface area contributed by atoms with E-state index in [-0.39, 0.29) is 4.90 Å². The molecule has 8 nitrogen and oxygen atoms in total. The first kappa shape index (κ1) is 22.5. The van der Waals surface area contributed by atoms with Crippen molar-refractivity contribution in [2.24, 2.45) is 5.14 Å². The van der Waals surface area contributed by atoms with E-state index in [4.69, 9.17) is 5.14 Å². The first-order valence-corrected chi connectivity index (χ1v) is 12.8. The monoisotopic (exact) mass is 476 g/mol. The Morgan fingerprint density at radius 3 is 2.32 bits per heavy atom. The summed E-state index contributed by atoms with van der Waals surface area (Å²) in [7, 11) is -3.75. The number of anilines is 1. The Labute approximate surface area is 199 Å². The molecule has 0 bridgehead atoms. The zero-order valence-corrected chi connectivity index (χ0v) is 20.2. The number of fused-ring (bicyclic) bond motifs is 1. The molecule has 2 unspecified atom stereocenters. The lowest BCUT2D eigenvalue weighted by Gasteiger charge is -2.41. The van der Waals surface area contributed by atoms with Crippen LogP contribution in [0.2, 0.25) is 0 Å². The number of rotatable bonds is 4. The van der Waals surface area contributed by atoms with Gasteiger partial charge >= 0.3 is 0 Å². The summed E-state index contributed by atoms with van der Waals surface area (Å²) < 4.78 is 25.1. The molecule has 1 saturated heterocycles. The number of primary sulfonamides is 1. The van der Waals surface area contributed by atoms with E-state index in [1.807, 2.05) is 19.3 Å². The zero-order valence-electron chi connectivity index (χ0n) is 19.4. The molecule has 0 spiro atoms. The molecule has 1 aliphatic rings. The largest absolute Gasteiger partial charge is 0.364 e. The van der Waals surface area contributed by atoms with Crippen LogP contribution in [0.1, 0.15) is 19.4 Å². The van der Waals surface area contributed by atoms with Gasteiger partial charge in [-0.3, -0.25) is 0 Å². The van der Waals surface area contributed by atoms with Crippen LogP contribution >= 0.6 is 0 Å². The number of sulfonamides is 1. The molecule has 3 heterocycles. The van der Waals surface area contributed by atoms with E-state index in [9.17, 15) is 8.42 Å². The molecule has 2 aromatic heterocycles. The molecule has 2 atom stereocenters. The predicted octanol–water partition coefficient (Wildman–Crippen LogP) is 3.21. The molecule has 0 amide bonds. The minimum absolute atomic E-state index is 0.0912. The van der Waals surface area contributed by atoms with Crippen LogP contribution < -0.4 is 15.4 Å². The standard InChI is InChI=1S/C25H28N6O2S/c1-16-10-22(34(26,32)33)8-9-23(16)24-14-29-30-15-20(13-28-25(24)30)19-4-6-21(7-5-19)31-17(2)11-27-12-18(31)3/h4-10,13-15,17-18,27H,11-12H2,1-3H3,(H2,26,32,33). The van der Waals surface area contributed by atoms with E-state index in [1.165, 1.54) is 11.8 Å². The molecule has 9 heteroatoms. The van der Waals surface area contributed by atoms with Crippen LogP contribution in [-0.2, 0) is 10.0 Å². The number of hydrogen-bond acceptors (Lipinski definition) is 6. The Bertz CT molecular complexity index is 1450. The fourth-order valence-corrected chi connectivity index (χ4v) is 5.40. The third-order valence-electron chi connectivity index (χ3n) is 6.50. The number of aromatic nitrogens is 3. The van der Waals surface area contributed by atoms with Gasteiger partial charge in [-0.05, 0) is 61.7 Å². The molecule has 34 heavy (non-hydrogen) atoms. The highest BCUT2D eigenvalue weighted by molar-refractivity contribution is 7.89. The maximum atomic E-state index is 11.7. The van der Waals surface area contributed by atoms with Crippen LogP contribution in [-0.4, -0.2) is 48.2 Å². The topological polar surface area (TPSA) is 106 Å². The van der Waals surface area contributed by atoms with E-state index >= 15 is 0 Å². The van der Waals surface area contributed by atoms with Crippen LogP contribution in [0.25, 0.3) is 27.9 Å². The van der Waals surface area contributed by atoms with Crippen molar-refractivity contribution in [3.8, 4) is 22.3 Å². The van der Waals surface area contributed by atoms with Crippen molar-refractivity contribution in [3.63, 3.8) is 0 Å². The molecule has 5 rings (SSSR count). The van der Waals surface area contributed by atoms with Gasteiger partial charge < -0.3 is 10.2 Å². The highest BCUT2D eigenvalue weighted by Gasteiger charge is 2.24. The lowest BCUT2D eigenvalue weighted by atomic mass is 10.0. The SMILES string of the molecule is Cc1cc(S(N)(=O)=O)ccc1-c1cnn2cc(-c3ccc(N4C(C)CNCC4C)cc3)cnc12. The normalized spacial score (nSPS) is 19.0. The van der Waals surface area contributed by atoms with Crippen LogP contribution in [0, 0.1) is 6.92 Å². The quantitative estimate of drug-likeness (QED) is 0.469. The molecule has 1 fully saturated rings. The Kier molecular flexibility index (Phi) is 5.63. The minimum atomic E-state index is -3.75. The lowest BCUT2D eigenvalue weighted by Crippen LogP contribution is -2.55. The fourth-order valence-electron chi connectivity index (χ4n) is 4.80. The van der Waals surface area contributed by atoms with E-state index < -0.39 is 10.0 Å². The van der Waals surface area contributed by atoms with Crippen molar-refractivity contribution in [1.82, 2.24) is 19.9 Å². The maximum absolute atomic E-state index is 11.7. The van der Waals surface area contributed by atoms with Crippen molar-refractivity contribution in [3.05, 3.63) is 66.6 Å². The zero-order chi connectivity index (χ0) is 24.0. The average Bonchev–Trinajstić information content (AvgIpc) is 3.22. The van der Waals surface area contributed by atoms with Gasteiger partial charge in [0.2, 0.25) is 10.0 Å². The van der Waals surface area contributed by atoms with E-state index in [2.05, 4.69) is 58.4 Å². The Morgan fingerprint density at radius 2 is 1.68 bits per heavy atom. The van der Waals surface area contributed by atoms with E-state index in [1.54, 1.807) is 22.8 Å². The molecule has 1 aliphatic heterocycles. The number of nitrogens with zero attached hydrogens (tertiary/aromatic N) is 4. The van der Waals surface area contributed by atoms with Gasteiger partial charge in [0.25, 0.3) is 0 Å². The summed E-state index contributed by atoms with van der Waals surface area (Å²) in [5, 5.41) is 13.2. The molecule has 2 aromatic carbocycles. The molecular formula is C25H28N6O2S. The van der Waals surface area contributed by atoms with Gasteiger partial charge in [0.05, 0.1) is 11.1 Å². The highest BCUT2D eigenvalue weighted by atomic mass is 32.2. The predicted molar refractivity (Wildman–Crippen MR) is 134 cm³/mol. The highest BCUT2D eigenvalue weighted by Crippen LogP contribution is 2.30. The van der Waals surface area contributed by atoms with Crippen LogP contribution in [0.4, 0.5) is 5.69 Å². The van der Waals surface area contributed by atoms with Crippen molar-refractivity contribution in [1.29, 1.82) is 0 Å². The second-order valence-electron chi connectivity index (χ2n) is 9.00. The van der Waals surface area contributed by atoms with Crippen molar-refractivity contribution in [2.75, 3.05) is 18.0 Å². The van der Waals surface area contributed by atoms with Gasteiger partial charge in [0, 0.05) is 54.4 Å². The van der Waals surface area contributed by atoms with E-state index in [0.717, 1.165) is 40.9 Å². The first-order chi connectivity index (χ1) is 16.2. The number of nitrogens with one attached hydrogen (secondary N) is 1. The third-order valence-corrected chi connectivity index (χ3v) is 7.41. The van der Waals surface area contributed by atoms with Crippen LogP contribution in [0.15, 0.2) is 66.0 Å². The number of aryl methyl sites for hydroxylation is 1. The van der Waals surface area contributed by atoms with Gasteiger partial charge in [-0.1, -0.05) is 18.2 Å². The Hall–Kier alpha value is -3.27. The number of nitrogens with two attached hydrogens (primary N) is 1. The molecule has 0 radical (unpaired) electrons. The Balaban J connectivity index is 1.45. The van der Waals surface area contributed by atoms with Crippen molar-refractivity contribution < 1.29 is 8.42 Å². The second-order valence-corrected chi connectivity index (χ2v) is 10.6. The van der Waals surface area contributed by atoms with Crippen LogP contribution in [0.3, 0.4) is 0 Å². The van der Waals surface area contributed by atoms with Crippen LogP contribution in [0.5, 0.6) is 0 Å². The van der Waals surface area contributed by atoms with E-state index in [0.29, 0.717) is 17.7 Å². The molecular weight excluding hydrogens is 448 g/mol. The minimum Gasteiger partial charge on any atom is -0.364 e. The van der Waals surface area contributed by atoms with Gasteiger partial charge in [0.15, 0.2) is 5.65 Å². The van der Waals surface area contributed by atoms with Gasteiger partial charge in [-0.15, -0.1) is 0 Å². The Morgan fingerprint density at radius 1 is 0.971 bits per heavy atom. The lowest BCUT2D eigenvalue weighted by molar-refractivity contribution is 0.432. The molecule has 4 aromatic rings. The number of hydrogen-bond donors (Lipinski definition) is 2. The van der Waals surface area contributed by atoms with Crippen molar-refractivity contribution in [2.45, 2.75) is 37.8 Å². The second kappa shape index (κ2) is 8.50. The summed E-state index contributed by atoms with van der Waals surface area (Å²) in [6.07, 6.45) is 5.56. The van der Waals surface area contributed by atoms with Gasteiger partial charge in [-0.2, -0.15) is 5.10 Å². The fraction of sp³-hybridized carbons (Fsp3) is 0.280. The van der Waals surface area contributed by atoms with Gasteiger partial charge in [0.1, 0.15) is 0 Å². The molecule has 0 saturated carbocycles. The summed E-state index contributed by atoms with van der Waals surface area (Å²) in [6, 6.07) is 14.3. The first-order valence-electron chi connectivity index (χ1n) is 11.3. The summed E-state index contributed by atoms with van der Waals surface area (Å²) in [4.78, 5) is 7.24. The average molecular weight is 477 g/mol. The molecule has 176 valence electrons. The molecule has 0 aliphatic carbocycles. The number of piperazine rings is 1. The maximum Gasteiger partial charge on any atom is 0.238 e. The third kappa shape index (κ3) is 4.06.